The zero-order valence-corrected chi connectivity index (χ0v) is 8.34. The van der Waals surface area contributed by atoms with Crippen molar-refractivity contribution < 1.29 is 29.6 Å². The Labute approximate surface area is 86.4 Å². The number of ether oxygens (including phenoxy) is 2. The highest BCUT2D eigenvalue weighted by atomic mass is 16.7. The number of aliphatic hydroxyl groups is 3. The van der Waals surface area contributed by atoms with Gasteiger partial charge in [-0.25, -0.2) is 0 Å². The summed E-state index contributed by atoms with van der Waals surface area (Å²) >= 11 is 0. The highest BCUT2D eigenvalue weighted by Gasteiger charge is 2.62. The van der Waals surface area contributed by atoms with Crippen LogP contribution in [0.1, 0.15) is 13.3 Å². The van der Waals surface area contributed by atoms with Gasteiger partial charge in [-0.2, -0.15) is 0 Å². The molecule has 1 aliphatic rings. The van der Waals surface area contributed by atoms with Crippen molar-refractivity contribution in [2.24, 2.45) is 5.73 Å². The molecule has 7 heteroatoms. The second kappa shape index (κ2) is 4.03. The van der Waals surface area contributed by atoms with Gasteiger partial charge in [0.2, 0.25) is 5.72 Å². The van der Waals surface area contributed by atoms with E-state index in [4.69, 9.17) is 15.6 Å². The summed E-state index contributed by atoms with van der Waals surface area (Å²) in [6.07, 6.45) is -1.24. The van der Waals surface area contributed by atoms with E-state index in [0.29, 0.717) is 0 Å². The van der Waals surface area contributed by atoms with Crippen molar-refractivity contribution in [1.29, 1.82) is 0 Å². The van der Waals surface area contributed by atoms with E-state index in [0.717, 1.165) is 0 Å². The van der Waals surface area contributed by atoms with Crippen molar-refractivity contribution in [2.75, 3.05) is 13.2 Å². The second-order valence-corrected chi connectivity index (χ2v) is 3.43. The van der Waals surface area contributed by atoms with Crippen LogP contribution >= 0.6 is 0 Å². The van der Waals surface area contributed by atoms with Crippen molar-refractivity contribution in [3.63, 3.8) is 0 Å². The highest BCUT2D eigenvalue weighted by molar-refractivity contribution is 5.69. The zero-order valence-electron chi connectivity index (χ0n) is 8.34. The Kier molecular flexibility index (Phi) is 3.31. The van der Waals surface area contributed by atoms with Crippen LogP contribution in [0.2, 0.25) is 0 Å². The summed E-state index contributed by atoms with van der Waals surface area (Å²) in [5.74, 6) is -3.15. The minimum atomic E-state index is -2.41. The summed E-state index contributed by atoms with van der Waals surface area (Å²) in [4.78, 5) is 11.0. The number of aliphatic hydroxyl groups excluding tert-OH is 1. The monoisotopic (exact) mass is 221 g/mol. The molecule has 0 aliphatic carbocycles. The largest absolute Gasteiger partial charge is 0.425 e. The smallest absolute Gasteiger partial charge is 0.308 e. The molecule has 0 radical (unpaired) electrons. The molecular formula is C8H15NO6. The molecule has 88 valence electrons. The summed E-state index contributed by atoms with van der Waals surface area (Å²) in [5.41, 5.74) is 3.10. The van der Waals surface area contributed by atoms with Crippen molar-refractivity contribution in [1.82, 2.24) is 0 Å². The van der Waals surface area contributed by atoms with Crippen molar-refractivity contribution in [2.45, 2.75) is 31.0 Å². The Morgan fingerprint density at radius 3 is 2.73 bits per heavy atom. The first-order valence-corrected chi connectivity index (χ1v) is 4.55. The third kappa shape index (κ3) is 1.97. The van der Waals surface area contributed by atoms with Gasteiger partial charge in [-0.05, 0) is 0 Å². The lowest BCUT2D eigenvalue weighted by Crippen LogP contribution is -2.65. The van der Waals surface area contributed by atoms with Crippen LogP contribution in [0.5, 0.6) is 0 Å². The summed E-state index contributed by atoms with van der Waals surface area (Å²) < 4.78 is 9.45. The van der Waals surface area contributed by atoms with Crippen LogP contribution in [0.4, 0.5) is 0 Å². The molecule has 0 aromatic carbocycles. The lowest BCUT2D eigenvalue weighted by atomic mass is 10.0. The molecule has 1 fully saturated rings. The van der Waals surface area contributed by atoms with Gasteiger partial charge in [-0.1, -0.05) is 6.92 Å². The van der Waals surface area contributed by atoms with Gasteiger partial charge in [0.25, 0.3) is 5.79 Å². The molecule has 1 heterocycles. The quantitative estimate of drug-likeness (QED) is 0.311. The van der Waals surface area contributed by atoms with E-state index in [2.05, 4.69) is 4.74 Å². The average molecular weight is 221 g/mol. The van der Waals surface area contributed by atoms with Crippen molar-refractivity contribution in [3.05, 3.63) is 0 Å². The van der Waals surface area contributed by atoms with Gasteiger partial charge < -0.3 is 24.8 Å². The molecule has 0 aromatic heterocycles. The van der Waals surface area contributed by atoms with E-state index < -0.39 is 36.8 Å². The maximum Gasteiger partial charge on any atom is 0.308 e. The molecule has 1 saturated heterocycles. The lowest BCUT2D eigenvalue weighted by Gasteiger charge is -2.34. The zero-order chi connectivity index (χ0) is 11.7. The molecule has 0 saturated carbocycles. The molecule has 0 bridgehead atoms. The minimum Gasteiger partial charge on any atom is -0.425 e. The Balaban J connectivity index is 2.88. The SMILES string of the molecule is CCC(=O)O[C@]1(O)[C@@H](CO)OC[C@]1(N)O. The Morgan fingerprint density at radius 1 is 1.67 bits per heavy atom. The third-order valence-corrected chi connectivity index (χ3v) is 2.29. The van der Waals surface area contributed by atoms with Crippen LogP contribution in [0, 0.1) is 0 Å². The Morgan fingerprint density at radius 2 is 2.27 bits per heavy atom. The van der Waals surface area contributed by atoms with Crippen LogP contribution < -0.4 is 5.73 Å². The summed E-state index contributed by atoms with van der Waals surface area (Å²) in [6, 6.07) is 0. The number of carbonyl (C=O) groups is 1. The minimum absolute atomic E-state index is 0.0105. The van der Waals surface area contributed by atoms with Gasteiger partial charge in [-0.3, -0.25) is 10.5 Å². The van der Waals surface area contributed by atoms with Gasteiger partial charge in [-0.15, -0.1) is 0 Å². The summed E-state index contributed by atoms with van der Waals surface area (Å²) in [7, 11) is 0. The number of rotatable bonds is 3. The van der Waals surface area contributed by atoms with E-state index in [9.17, 15) is 15.0 Å². The molecule has 1 rings (SSSR count). The van der Waals surface area contributed by atoms with Gasteiger partial charge in [0, 0.05) is 6.42 Å². The van der Waals surface area contributed by atoms with Crippen LogP contribution in [0.15, 0.2) is 0 Å². The lowest BCUT2D eigenvalue weighted by molar-refractivity contribution is -0.282. The van der Waals surface area contributed by atoms with Gasteiger partial charge in [0.15, 0.2) is 6.10 Å². The summed E-state index contributed by atoms with van der Waals surface area (Å²) in [5, 5.41) is 28.3. The maximum atomic E-state index is 11.0. The highest BCUT2D eigenvalue weighted by Crippen LogP contribution is 2.33. The van der Waals surface area contributed by atoms with Crippen LogP contribution in [0.25, 0.3) is 0 Å². The predicted molar refractivity (Wildman–Crippen MR) is 47.3 cm³/mol. The predicted octanol–water partition coefficient (Wildman–Crippen LogP) is -2.33. The fourth-order valence-electron chi connectivity index (χ4n) is 1.30. The molecule has 0 aromatic rings. The average Bonchev–Trinajstić information content (AvgIpc) is 2.38. The molecule has 1 aliphatic heterocycles. The maximum absolute atomic E-state index is 11.0. The van der Waals surface area contributed by atoms with E-state index in [1.165, 1.54) is 6.92 Å². The third-order valence-electron chi connectivity index (χ3n) is 2.29. The van der Waals surface area contributed by atoms with Crippen molar-refractivity contribution >= 4 is 5.97 Å². The molecular weight excluding hydrogens is 206 g/mol. The van der Waals surface area contributed by atoms with Gasteiger partial charge in [0.1, 0.15) is 0 Å². The number of esters is 1. The van der Waals surface area contributed by atoms with E-state index in [1.54, 1.807) is 0 Å². The number of hydrogen-bond acceptors (Lipinski definition) is 7. The Bertz CT molecular complexity index is 256. The molecule has 3 atom stereocenters. The first-order chi connectivity index (χ1) is 6.87. The standard InChI is InChI=1S/C8H15NO6/c1-2-6(11)15-8(13)5(3-10)14-4-7(8,9)12/h5,10,12-13H,2-4,9H2,1H3/t5-,7+,8-/m1/s1. The number of nitrogens with two attached hydrogens (primary N) is 1. The van der Waals surface area contributed by atoms with Crippen LogP contribution in [-0.2, 0) is 14.3 Å². The Hall–Kier alpha value is -0.730. The topological polar surface area (TPSA) is 122 Å². The second-order valence-electron chi connectivity index (χ2n) is 3.43. The molecule has 15 heavy (non-hydrogen) atoms. The summed E-state index contributed by atoms with van der Waals surface area (Å²) in [6.45, 7) is 0.476. The molecule has 0 unspecified atom stereocenters. The van der Waals surface area contributed by atoms with Crippen LogP contribution in [-0.4, -0.2) is 52.1 Å². The van der Waals surface area contributed by atoms with E-state index in [-0.39, 0.29) is 6.42 Å². The molecule has 7 nitrogen and oxygen atoms in total. The molecule has 0 amide bonds. The first-order valence-electron chi connectivity index (χ1n) is 4.55. The van der Waals surface area contributed by atoms with Gasteiger partial charge >= 0.3 is 5.97 Å². The molecule has 0 spiro atoms. The number of carbonyl (C=O) groups excluding carboxylic acids is 1. The fourth-order valence-corrected chi connectivity index (χ4v) is 1.30. The van der Waals surface area contributed by atoms with Crippen molar-refractivity contribution in [3.8, 4) is 0 Å². The normalized spacial score (nSPS) is 40.5. The van der Waals surface area contributed by atoms with Crippen LogP contribution in [0.3, 0.4) is 0 Å². The number of hydrogen-bond donors (Lipinski definition) is 4. The fraction of sp³-hybridized carbons (Fsp3) is 0.875. The first kappa shape index (κ1) is 12.3. The molecule has 5 N–H and O–H groups in total. The van der Waals surface area contributed by atoms with E-state index in [1.807, 2.05) is 0 Å². The van der Waals surface area contributed by atoms with Gasteiger partial charge in [0.05, 0.1) is 13.2 Å². The van der Waals surface area contributed by atoms with E-state index >= 15 is 0 Å².